The van der Waals surface area contributed by atoms with Gasteiger partial charge in [0.15, 0.2) is 6.10 Å². The van der Waals surface area contributed by atoms with Crippen molar-refractivity contribution in [2.24, 2.45) is 17.8 Å². The van der Waals surface area contributed by atoms with Gasteiger partial charge in [-0.2, -0.15) is 0 Å². The van der Waals surface area contributed by atoms with Crippen molar-refractivity contribution >= 4 is 17.9 Å². The van der Waals surface area contributed by atoms with Gasteiger partial charge in [0.1, 0.15) is 13.2 Å². The standard InChI is InChI=1S/C58H112O6/c1-7-53(5)45-39-33-27-23-19-15-12-13-17-21-25-29-37-43-49-58(61)64-55(51-63-57(60)48-42-36-31-30-34-40-46-54(6)8-2)50-62-56(59)47-41-35-28-24-20-16-11-9-10-14-18-22-26-32-38-44-52(3)4/h52-55H,7-51H2,1-6H3/t53?,54?,55-/m0/s1. The maximum Gasteiger partial charge on any atom is 0.306 e. The van der Waals surface area contributed by atoms with E-state index in [-0.39, 0.29) is 31.1 Å². The SMILES string of the molecule is CCC(C)CCCCCCCCCCCCCCCCC(=O)O[C@@H](COC(=O)CCCCCCCCCCCCCCCCCC(C)C)COC(=O)CCCCCCCCC(C)CC. The van der Waals surface area contributed by atoms with Crippen LogP contribution in [0.1, 0.15) is 318 Å². The number of rotatable bonds is 51. The number of ether oxygens (including phenoxy) is 3. The molecule has 0 rings (SSSR count). The number of hydrogen-bond donors (Lipinski definition) is 0. The summed E-state index contributed by atoms with van der Waals surface area (Å²) in [5, 5.41) is 0. The lowest BCUT2D eigenvalue weighted by Gasteiger charge is -2.18. The van der Waals surface area contributed by atoms with Crippen LogP contribution in [0.25, 0.3) is 0 Å². The monoisotopic (exact) mass is 905 g/mol. The maximum atomic E-state index is 12.8. The molecule has 0 fully saturated rings. The van der Waals surface area contributed by atoms with Gasteiger partial charge >= 0.3 is 17.9 Å². The van der Waals surface area contributed by atoms with Crippen LogP contribution in [0.2, 0.25) is 0 Å². The van der Waals surface area contributed by atoms with Gasteiger partial charge in [-0.15, -0.1) is 0 Å². The summed E-state index contributed by atoms with van der Waals surface area (Å²) in [6.45, 7) is 13.8. The number of carbonyl (C=O) groups excluding carboxylic acids is 3. The summed E-state index contributed by atoms with van der Waals surface area (Å²) in [7, 11) is 0. The Hall–Kier alpha value is -1.59. The van der Waals surface area contributed by atoms with E-state index in [1.54, 1.807) is 0 Å². The van der Waals surface area contributed by atoms with Crippen LogP contribution in [0.4, 0.5) is 0 Å². The first-order valence-electron chi connectivity index (χ1n) is 28.7. The van der Waals surface area contributed by atoms with Gasteiger partial charge in [0.25, 0.3) is 0 Å². The molecule has 64 heavy (non-hydrogen) atoms. The summed E-state index contributed by atoms with van der Waals surface area (Å²) in [5.74, 6) is 1.71. The normalized spacial score (nSPS) is 13.0. The molecule has 0 aliphatic carbocycles. The number of carbonyl (C=O) groups is 3. The lowest BCUT2D eigenvalue weighted by Crippen LogP contribution is -2.30. The minimum absolute atomic E-state index is 0.0643. The predicted octanol–water partition coefficient (Wildman–Crippen LogP) is 18.7. The molecule has 0 bridgehead atoms. The van der Waals surface area contributed by atoms with Crippen molar-refractivity contribution in [3.05, 3.63) is 0 Å². The Kier molecular flexibility index (Phi) is 48.1. The van der Waals surface area contributed by atoms with Crippen molar-refractivity contribution in [1.82, 2.24) is 0 Å². The van der Waals surface area contributed by atoms with Crippen LogP contribution in [0.3, 0.4) is 0 Å². The molecule has 0 spiro atoms. The van der Waals surface area contributed by atoms with Gasteiger partial charge in [0.2, 0.25) is 0 Å². The Morgan fingerprint density at radius 2 is 0.547 bits per heavy atom. The zero-order chi connectivity index (χ0) is 47.0. The molecule has 0 aliphatic heterocycles. The van der Waals surface area contributed by atoms with Crippen LogP contribution in [0.15, 0.2) is 0 Å². The molecule has 6 heteroatoms. The van der Waals surface area contributed by atoms with E-state index in [0.717, 1.165) is 75.5 Å². The Balaban J connectivity index is 4.26. The largest absolute Gasteiger partial charge is 0.462 e. The van der Waals surface area contributed by atoms with Gasteiger partial charge in [-0.1, -0.05) is 279 Å². The summed E-state index contributed by atoms with van der Waals surface area (Å²) in [5.41, 5.74) is 0. The van der Waals surface area contributed by atoms with Gasteiger partial charge < -0.3 is 14.2 Å². The van der Waals surface area contributed by atoms with Crippen LogP contribution in [-0.2, 0) is 28.6 Å². The summed E-state index contributed by atoms with van der Waals surface area (Å²) in [4.78, 5) is 38.1. The highest BCUT2D eigenvalue weighted by atomic mass is 16.6. The van der Waals surface area contributed by atoms with Crippen molar-refractivity contribution in [2.45, 2.75) is 324 Å². The van der Waals surface area contributed by atoms with Gasteiger partial charge in [0.05, 0.1) is 0 Å². The summed E-state index contributed by atoms with van der Waals surface area (Å²) in [6.07, 6.45) is 50.9. The van der Waals surface area contributed by atoms with Crippen LogP contribution >= 0.6 is 0 Å². The predicted molar refractivity (Wildman–Crippen MR) is 275 cm³/mol. The van der Waals surface area contributed by atoms with Crippen molar-refractivity contribution in [1.29, 1.82) is 0 Å². The molecule has 0 amide bonds. The van der Waals surface area contributed by atoms with Gasteiger partial charge in [-0.3, -0.25) is 14.4 Å². The third-order valence-electron chi connectivity index (χ3n) is 13.9. The van der Waals surface area contributed by atoms with E-state index in [4.69, 9.17) is 14.2 Å². The first kappa shape index (κ1) is 62.4. The van der Waals surface area contributed by atoms with E-state index < -0.39 is 6.10 Å². The highest BCUT2D eigenvalue weighted by Crippen LogP contribution is 2.19. The van der Waals surface area contributed by atoms with Crippen LogP contribution in [-0.4, -0.2) is 37.2 Å². The number of hydrogen-bond acceptors (Lipinski definition) is 6. The number of esters is 3. The molecule has 2 unspecified atom stereocenters. The molecule has 380 valence electrons. The van der Waals surface area contributed by atoms with E-state index in [9.17, 15) is 14.4 Å². The molecule has 0 saturated carbocycles. The lowest BCUT2D eigenvalue weighted by molar-refractivity contribution is -0.167. The van der Waals surface area contributed by atoms with E-state index in [2.05, 4.69) is 41.5 Å². The fourth-order valence-corrected chi connectivity index (χ4v) is 8.76. The number of unbranched alkanes of at least 4 members (excludes halogenated alkanes) is 32. The second-order valence-electron chi connectivity index (χ2n) is 20.9. The Labute approximate surface area is 399 Å². The molecule has 0 aromatic rings. The average Bonchev–Trinajstić information content (AvgIpc) is 3.28. The molecule has 6 nitrogen and oxygen atoms in total. The van der Waals surface area contributed by atoms with Crippen molar-refractivity contribution in [2.75, 3.05) is 13.2 Å². The molecule has 0 aromatic carbocycles. The topological polar surface area (TPSA) is 78.9 Å². The molecular formula is C58H112O6. The van der Waals surface area contributed by atoms with Gasteiger partial charge in [-0.05, 0) is 37.0 Å². The smallest absolute Gasteiger partial charge is 0.306 e. The highest BCUT2D eigenvalue weighted by Gasteiger charge is 2.19. The van der Waals surface area contributed by atoms with E-state index in [1.165, 1.54) is 199 Å². The van der Waals surface area contributed by atoms with Crippen LogP contribution in [0, 0.1) is 17.8 Å². The molecular weight excluding hydrogens is 793 g/mol. The molecule has 0 radical (unpaired) electrons. The fraction of sp³-hybridized carbons (Fsp3) is 0.948. The van der Waals surface area contributed by atoms with Crippen LogP contribution in [0.5, 0.6) is 0 Å². The highest BCUT2D eigenvalue weighted by molar-refractivity contribution is 5.71. The molecule has 0 saturated heterocycles. The zero-order valence-corrected chi connectivity index (χ0v) is 44.1. The first-order chi connectivity index (χ1) is 31.2. The Bertz CT molecular complexity index is 995. The van der Waals surface area contributed by atoms with Crippen LogP contribution < -0.4 is 0 Å². The first-order valence-corrected chi connectivity index (χ1v) is 28.7. The van der Waals surface area contributed by atoms with E-state index >= 15 is 0 Å². The third-order valence-corrected chi connectivity index (χ3v) is 13.9. The average molecular weight is 906 g/mol. The minimum Gasteiger partial charge on any atom is -0.462 e. The molecule has 0 N–H and O–H groups in total. The molecule has 0 aliphatic rings. The minimum atomic E-state index is -0.764. The molecule has 0 aromatic heterocycles. The second-order valence-corrected chi connectivity index (χ2v) is 20.9. The Morgan fingerprint density at radius 3 is 0.812 bits per heavy atom. The molecule has 3 atom stereocenters. The maximum absolute atomic E-state index is 12.8. The van der Waals surface area contributed by atoms with Crippen molar-refractivity contribution < 1.29 is 28.6 Å². The van der Waals surface area contributed by atoms with E-state index in [1.807, 2.05) is 0 Å². The summed E-state index contributed by atoms with van der Waals surface area (Å²) >= 11 is 0. The zero-order valence-electron chi connectivity index (χ0n) is 44.1. The van der Waals surface area contributed by atoms with Gasteiger partial charge in [0, 0.05) is 19.3 Å². The second kappa shape index (κ2) is 49.3. The van der Waals surface area contributed by atoms with Crippen molar-refractivity contribution in [3.8, 4) is 0 Å². The third kappa shape index (κ3) is 48.3. The lowest BCUT2D eigenvalue weighted by atomic mass is 9.99. The van der Waals surface area contributed by atoms with E-state index in [0.29, 0.717) is 19.3 Å². The Morgan fingerprint density at radius 1 is 0.312 bits per heavy atom. The summed E-state index contributed by atoms with van der Waals surface area (Å²) in [6, 6.07) is 0. The van der Waals surface area contributed by atoms with Gasteiger partial charge in [-0.25, -0.2) is 0 Å². The quantitative estimate of drug-likeness (QED) is 0.0344. The van der Waals surface area contributed by atoms with Crippen molar-refractivity contribution in [3.63, 3.8) is 0 Å². The fourth-order valence-electron chi connectivity index (χ4n) is 8.76. The molecule has 0 heterocycles. The summed E-state index contributed by atoms with van der Waals surface area (Å²) < 4.78 is 16.9.